The lowest BCUT2D eigenvalue weighted by Gasteiger charge is -2.81. The Bertz CT molecular complexity index is 785. The van der Waals surface area contributed by atoms with Gasteiger partial charge < -0.3 is 20.1 Å². The van der Waals surface area contributed by atoms with Crippen molar-refractivity contribution in [1.29, 1.82) is 0 Å². The molecule has 2 aliphatic heterocycles. The monoisotopic (exact) mass is 360 g/mol. The van der Waals surface area contributed by atoms with Gasteiger partial charge in [-0.05, 0) is 49.9 Å². The Hall–Kier alpha value is -0.750. The second-order valence-corrected chi connectivity index (χ2v) is 10.6. The summed E-state index contributed by atoms with van der Waals surface area (Å²) in [5.74, 6) is -1.88. The minimum atomic E-state index is -1.82. The summed E-state index contributed by atoms with van der Waals surface area (Å²) in [6.07, 6.45) is 1.56. The van der Waals surface area contributed by atoms with Crippen molar-refractivity contribution >= 4 is 5.78 Å². The third-order valence-corrected chi connectivity index (χ3v) is 9.73. The van der Waals surface area contributed by atoms with E-state index >= 15 is 0 Å². The van der Waals surface area contributed by atoms with Crippen LogP contribution in [-0.2, 0) is 9.53 Å². The van der Waals surface area contributed by atoms with E-state index in [2.05, 4.69) is 13.8 Å². The first kappa shape index (κ1) is 16.2. The first-order valence-corrected chi connectivity index (χ1v) is 10.1. The molecule has 26 heavy (non-hydrogen) atoms. The molecule has 7 aliphatic rings. The highest BCUT2D eigenvalue weighted by molar-refractivity contribution is 6.12. The summed E-state index contributed by atoms with van der Waals surface area (Å²) in [7, 11) is 0. The SMILES string of the molecule is CC1=C2C(=O)C34C2C1CCC3C12COC4(O)C(O)C1C(C)(C)CCC2O. The average molecular weight is 360 g/mol. The van der Waals surface area contributed by atoms with Crippen LogP contribution in [0.5, 0.6) is 0 Å². The molecule has 7 rings (SSSR count). The van der Waals surface area contributed by atoms with Gasteiger partial charge in [-0.3, -0.25) is 4.79 Å². The highest BCUT2D eigenvalue weighted by atomic mass is 16.6. The van der Waals surface area contributed by atoms with Gasteiger partial charge in [-0.15, -0.1) is 0 Å². The van der Waals surface area contributed by atoms with Crippen molar-refractivity contribution in [3.05, 3.63) is 11.1 Å². The van der Waals surface area contributed by atoms with Crippen LogP contribution in [0.15, 0.2) is 11.1 Å². The second-order valence-electron chi connectivity index (χ2n) is 10.6. The fraction of sp³-hybridized carbons (Fsp3) is 0.857. The number of ether oxygens (including phenoxy) is 1. The number of carbonyl (C=O) groups excluding carboxylic acids is 1. The molecule has 2 spiro atoms. The lowest BCUT2D eigenvalue weighted by atomic mass is 9.25. The van der Waals surface area contributed by atoms with Gasteiger partial charge in [0.2, 0.25) is 5.79 Å². The van der Waals surface area contributed by atoms with Crippen molar-refractivity contribution in [3.8, 4) is 0 Å². The maximum atomic E-state index is 13.4. The van der Waals surface area contributed by atoms with Crippen molar-refractivity contribution in [3.63, 3.8) is 0 Å². The summed E-state index contributed by atoms with van der Waals surface area (Å²) < 4.78 is 5.97. The smallest absolute Gasteiger partial charge is 0.206 e. The van der Waals surface area contributed by atoms with Crippen molar-refractivity contribution < 1.29 is 24.9 Å². The van der Waals surface area contributed by atoms with Gasteiger partial charge in [-0.2, -0.15) is 0 Å². The Morgan fingerprint density at radius 1 is 1.15 bits per heavy atom. The molecule has 6 fully saturated rings. The van der Waals surface area contributed by atoms with Crippen molar-refractivity contribution in [2.75, 3.05) is 6.61 Å². The topological polar surface area (TPSA) is 87.0 Å². The average Bonchev–Trinajstić information content (AvgIpc) is 2.58. The number of allylic oxidation sites excluding steroid dienone is 2. The molecule has 2 bridgehead atoms. The van der Waals surface area contributed by atoms with E-state index < -0.39 is 28.8 Å². The van der Waals surface area contributed by atoms with Gasteiger partial charge in [0, 0.05) is 22.8 Å². The van der Waals surface area contributed by atoms with Crippen LogP contribution >= 0.6 is 0 Å². The number of rotatable bonds is 0. The summed E-state index contributed by atoms with van der Waals surface area (Å²) >= 11 is 0. The van der Waals surface area contributed by atoms with Gasteiger partial charge in [-0.1, -0.05) is 19.4 Å². The zero-order chi connectivity index (χ0) is 18.4. The van der Waals surface area contributed by atoms with Crippen LogP contribution in [0.1, 0.15) is 46.5 Å². The van der Waals surface area contributed by atoms with Crippen LogP contribution in [0.4, 0.5) is 0 Å². The molecular formula is C21H28O5. The lowest BCUT2D eigenvalue weighted by Crippen LogP contribution is -2.90. The number of carbonyl (C=O) groups is 1. The Labute approximate surface area is 153 Å². The van der Waals surface area contributed by atoms with Crippen LogP contribution in [0, 0.1) is 39.9 Å². The molecule has 9 unspecified atom stereocenters. The second kappa shape index (κ2) is 4.14. The van der Waals surface area contributed by atoms with Crippen molar-refractivity contribution in [2.45, 2.75) is 64.4 Å². The summed E-state index contributed by atoms with van der Waals surface area (Å²) in [6, 6.07) is 0. The normalized spacial score (nSPS) is 61.2. The van der Waals surface area contributed by atoms with Gasteiger partial charge in [0.15, 0.2) is 5.78 Å². The van der Waals surface area contributed by atoms with Gasteiger partial charge in [0.25, 0.3) is 0 Å². The number of aliphatic hydroxyl groups excluding tert-OH is 2. The molecule has 0 amide bonds. The number of aliphatic hydroxyl groups is 3. The summed E-state index contributed by atoms with van der Waals surface area (Å²) in [5, 5.41) is 34.3. The van der Waals surface area contributed by atoms with E-state index in [-0.39, 0.29) is 35.6 Å². The molecule has 5 nitrogen and oxygen atoms in total. The summed E-state index contributed by atoms with van der Waals surface area (Å²) in [4.78, 5) is 13.4. The third kappa shape index (κ3) is 1.19. The predicted molar refractivity (Wildman–Crippen MR) is 91.7 cm³/mol. The standard InChI is InChI=1S/C21H28O5/c1-9-10-4-5-11-19-8-26-21(25,20(11)14(10)13(9)16(20)23)17(24)15(19)18(2,3)7-6-12(19)22/h10-12,14-15,17,22,24-25H,4-8H2,1-3H3. The number of fused-ring (bicyclic) bond motifs is 1. The predicted octanol–water partition coefficient (Wildman–Crippen LogP) is 1.40. The molecule has 5 aliphatic carbocycles. The Morgan fingerprint density at radius 3 is 2.62 bits per heavy atom. The molecule has 2 saturated heterocycles. The number of hydrogen-bond acceptors (Lipinski definition) is 5. The number of ketones is 1. The van der Waals surface area contributed by atoms with Gasteiger partial charge in [-0.25, -0.2) is 0 Å². The Kier molecular flexibility index (Phi) is 2.59. The highest BCUT2D eigenvalue weighted by Gasteiger charge is 2.89. The first-order chi connectivity index (χ1) is 12.2. The molecule has 0 aromatic heterocycles. The van der Waals surface area contributed by atoms with Crippen molar-refractivity contribution in [2.24, 2.45) is 39.9 Å². The van der Waals surface area contributed by atoms with Crippen LogP contribution in [0.3, 0.4) is 0 Å². The van der Waals surface area contributed by atoms with Crippen LogP contribution in [0.25, 0.3) is 0 Å². The Morgan fingerprint density at radius 2 is 1.88 bits per heavy atom. The lowest BCUT2D eigenvalue weighted by molar-refractivity contribution is -0.464. The molecule has 142 valence electrons. The molecule has 0 radical (unpaired) electrons. The quantitative estimate of drug-likeness (QED) is 0.608. The van der Waals surface area contributed by atoms with E-state index in [0.29, 0.717) is 12.3 Å². The molecule has 3 N–H and O–H groups in total. The fourth-order valence-corrected chi connectivity index (χ4v) is 8.85. The minimum absolute atomic E-state index is 0.00348. The number of Topliss-reactive ketones (excluding diaryl/α,β-unsaturated/α-hetero) is 1. The van der Waals surface area contributed by atoms with Gasteiger partial charge in [0.05, 0.1) is 12.7 Å². The van der Waals surface area contributed by atoms with Crippen molar-refractivity contribution in [1.82, 2.24) is 0 Å². The Balaban J connectivity index is 1.62. The molecular weight excluding hydrogens is 332 g/mol. The molecule has 5 heteroatoms. The maximum absolute atomic E-state index is 13.4. The van der Waals surface area contributed by atoms with E-state index in [1.54, 1.807) is 0 Å². The largest absolute Gasteiger partial charge is 0.392 e. The van der Waals surface area contributed by atoms with E-state index in [1.165, 1.54) is 5.57 Å². The maximum Gasteiger partial charge on any atom is 0.206 e. The molecule has 2 heterocycles. The van der Waals surface area contributed by atoms with E-state index in [9.17, 15) is 20.1 Å². The zero-order valence-corrected chi connectivity index (χ0v) is 15.7. The first-order valence-electron chi connectivity index (χ1n) is 10.1. The molecule has 0 aromatic rings. The minimum Gasteiger partial charge on any atom is -0.392 e. The van der Waals surface area contributed by atoms with Gasteiger partial charge >= 0.3 is 0 Å². The highest BCUT2D eigenvalue weighted by Crippen LogP contribution is 2.82. The van der Waals surface area contributed by atoms with Crippen LogP contribution in [-0.4, -0.2) is 45.7 Å². The van der Waals surface area contributed by atoms with E-state index in [4.69, 9.17) is 4.74 Å². The van der Waals surface area contributed by atoms with Crippen LogP contribution in [0.2, 0.25) is 0 Å². The number of hydrogen-bond donors (Lipinski definition) is 3. The molecule has 4 saturated carbocycles. The zero-order valence-electron chi connectivity index (χ0n) is 15.7. The van der Waals surface area contributed by atoms with Gasteiger partial charge in [0.1, 0.15) is 11.5 Å². The molecule has 0 aromatic carbocycles. The summed E-state index contributed by atoms with van der Waals surface area (Å²) in [5.41, 5.74) is 0.140. The summed E-state index contributed by atoms with van der Waals surface area (Å²) in [6.45, 7) is 6.52. The third-order valence-electron chi connectivity index (χ3n) is 9.73. The fourth-order valence-electron chi connectivity index (χ4n) is 8.85. The molecule has 9 atom stereocenters. The van der Waals surface area contributed by atoms with E-state index in [0.717, 1.165) is 24.8 Å². The van der Waals surface area contributed by atoms with Crippen LogP contribution < -0.4 is 0 Å². The van der Waals surface area contributed by atoms with E-state index in [1.807, 2.05) is 6.92 Å².